The minimum atomic E-state index is -1.02. The summed E-state index contributed by atoms with van der Waals surface area (Å²) in [6, 6.07) is 6.67. The molecule has 1 N–H and O–H groups in total. The maximum Gasteiger partial charge on any atom is 0.342 e. The lowest BCUT2D eigenvalue weighted by atomic mass is 10.1. The number of aromatic nitrogens is 2. The molecule has 1 aromatic carbocycles. The molecular formula is C18H21N3O4. The number of para-hydroxylation sites is 1. The minimum Gasteiger partial charge on any atom is -0.449 e. The predicted molar refractivity (Wildman–Crippen MR) is 92.6 cm³/mol. The first-order valence-corrected chi connectivity index (χ1v) is 7.84. The minimum absolute atomic E-state index is 0.165. The summed E-state index contributed by atoms with van der Waals surface area (Å²) in [5.74, 6) is -1.28. The van der Waals surface area contributed by atoms with Crippen LogP contribution >= 0.6 is 0 Å². The van der Waals surface area contributed by atoms with E-state index in [0.29, 0.717) is 28.2 Å². The highest BCUT2D eigenvalue weighted by atomic mass is 16.5. The van der Waals surface area contributed by atoms with E-state index in [0.717, 1.165) is 0 Å². The Bertz CT molecular complexity index is 839. The van der Waals surface area contributed by atoms with Crippen LogP contribution < -0.4 is 5.32 Å². The van der Waals surface area contributed by atoms with Crippen molar-refractivity contribution in [2.24, 2.45) is 7.05 Å². The van der Waals surface area contributed by atoms with E-state index < -0.39 is 18.0 Å². The van der Waals surface area contributed by atoms with Crippen LogP contribution in [-0.2, 0) is 16.6 Å². The molecule has 0 unspecified atom stereocenters. The third kappa shape index (κ3) is 3.93. The second kappa shape index (κ2) is 7.29. The molecule has 7 nitrogen and oxygen atoms in total. The lowest BCUT2D eigenvalue weighted by Crippen LogP contribution is -2.30. The van der Waals surface area contributed by atoms with Gasteiger partial charge in [-0.3, -0.25) is 14.3 Å². The number of nitrogens with one attached hydrogen (secondary N) is 1. The molecule has 2 aromatic rings. The molecule has 0 radical (unpaired) electrons. The van der Waals surface area contributed by atoms with Crippen molar-refractivity contribution in [3.05, 3.63) is 46.8 Å². The van der Waals surface area contributed by atoms with Gasteiger partial charge in [-0.25, -0.2) is 4.79 Å². The van der Waals surface area contributed by atoms with Gasteiger partial charge in [-0.1, -0.05) is 12.1 Å². The van der Waals surface area contributed by atoms with Gasteiger partial charge in [0.25, 0.3) is 5.91 Å². The number of rotatable bonds is 5. The Labute approximate surface area is 146 Å². The summed E-state index contributed by atoms with van der Waals surface area (Å²) >= 11 is 0. The van der Waals surface area contributed by atoms with Crippen molar-refractivity contribution in [1.82, 2.24) is 9.78 Å². The largest absolute Gasteiger partial charge is 0.449 e. The molecule has 1 amide bonds. The molecular weight excluding hydrogens is 322 g/mol. The van der Waals surface area contributed by atoms with Crippen molar-refractivity contribution in [1.29, 1.82) is 0 Å². The molecule has 0 aliphatic carbocycles. The highest BCUT2D eigenvalue weighted by Gasteiger charge is 2.24. The number of Topliss-reactive ketones (excluding diaryl/α,β-unsaturated/α-hetero) is 1. The highest BCUT2D eigenvalue weighted by molar-refractivity contribution is 6.05. The van der Waals surface area contributed by atoms with Gasteiger partial charge in [-0.15, -0.1) is 0 Å². The molecule has 7 heteroatoms. The van der Waals surface area contributed by atoms with Crippen LogP contribution in [0.2, 0.25) is 0 Å². The second-order valence-electron chi connectivity index (χ2n) is 5.81. The topological polar surface area (TPSA) is 90.3 Å². The number of carbonyl (C=O) groups is 3. The van der Waals surface area contributed by atoms with Gasteiger partial charge in [0, 0.05) is 18.3 Å². The fourth-order valence-electron chi connectivity index (χ4n) is 2.48. The van der Waals surface area contributed by atoms with E-state index in [1.54, 1.807) is 49.8 Å². The maximum atomic E-state index is 12.3. The molecule has 0 fully saturated rings. The summed E-state index contributed by atoms with van der Waals surface area (Å²) in [7, 11) is 1.73. The van der Waals surface area contributed by atoms with Crippen LogP contribution in [0.15, 0.2) is 24.3 Å². The van der Waals surface area contributed by atoms with E-state index >= 15 is 0 Å². The summed E-state index contributed by atoms with van der Waals surface area (Å²) in [5, 5.41) is 6.79. The molecule has 0 bridgehead atoms. The molecule has 1 atom stereocenters. The normalized spacial score (nSPS) is 11.7. The van der Waals surface area contributed by atoms with Crippen LogP contribution in [0.3, 0.4) is 0 Å². The standard InChI is InChI=1S/C18H21N3O4/c1-10-16(11(2)21(5)20-10)18(24)25-13(4)17(23)19-15-9-7-6-8-14(15)12(3)22/h6-9,13H,1-5H3,(H,19,23)/t13-/m1/s1. The highest BCUT2D eigenvalue weighted by Crippen LogP contribution is 2.17. The number of hydrogen-bond acceptors (Lipinski definition) is 5. The zero-order valence-electron chi connectivity index (χ0n) is 14.9. The molecule has 1 heterocycles. The van der Waals surface area contributed by atoms with Crippen molar-refractivity contribution < 1.29 is 19.1 Å². The number of carbonyl (C=O) groups excluding carboxylic acids is 3. The predicted octanol–water partition coefficient (Wildman–Crippen LogP) is 2.42. The van der Waals surface area contributed by atoms with Crippen molar-refractivity contribution >= 4 is 23.3 Å². The van der Waals surface area contributed by atoms with E-state index in [1.165, 1.54) is 13.8 Å². The lowest BCUT2D eigenvalue weighted by molar-refractivity contribution is -0.123. The Balaban J connectivity index is 2.11. The van der Waals surface area contributed by atoms with Crippen LogP contribution in [0.4, 0.5) is 5.69 Å². The van der Waals surface area contributed by atoms with Gasteiger partial charge in [-0.2, -0.15) is 5.10 Å². The summed E-state index contributed by atoms with van der Waals surface area (Å²) in [6.45, 7) is 6.36. The fraction of sp³-hybridized carbons (Fsp3) is 0.333. The van der Waals surface area contributed by atoms with Gasteiger partial charge in [0.05, 0.1) is 11.4 Å². The maximum absolute atomic E-state index is 12.3. The van der Waals surface area contributed by atoms with E-state index in [2.05, 4.69) is 10.4 Å². The van der Waals surface area contributed by atoms with Crippen molar-refractivity contribution in [2.45, 2.75) is 33.8 Å². The van der Waals surface area contributed by atoms with Crippen LogP contribution in [0, 0.1) is 13.8 Å². The smallest absolute Gasteiger partial charge is 0.342 e. The summed E-state index contributed by atoms with van der Waals surface area (Å²) in [5.41, 5.74) is 2.34. The molecule has 0 saturated carbocycles. The summed E-state index contributed by atoms with van der Waals surface area (Å²) in [6.07, 6.45) is -1.02. The molecule has 0 aliphatic heterocycles. The molecule has 0 spiro atoms. The van der Waals surface area contributed by atoms with Gasteiger partial charge in [0.1, 0.15) is 5.56 Å². The number of esters is 1. The van der Waals surface area contributed by atoms with Crippen LogP contribution in [0.25, 0.3) is 0 Å². The number of hydrogen-bond donors (Lipinski definition) is 1. The molecule has 25 heavy (non-hydrogen) atoms. The molecule has 2 rings (SSSR count). The van der Waals surface area contributed by atoms with E-state index in [4.69, 9.17) is 4.74 Å². The average molecular weight is 343 g/mol. The number of benzene rings is 1. The fourth-order valence-corrected chi connectivity index (χ4v) is 2.48. The van der Waals surface area contributed by atoms with E-state index in [9.17, 15) is 14.4 Å². The number of amides is 1. The zero-order chi connectivity index (χ0) is 18.7. The van der Waals surface area contributed by atoms with Crippen molar-refractivity contribution in [3.8, 4) is 0 Å². The Morgan fingerprint density at radius 2 is 1.84 bits per heavy atom. The molecule has 0 aliphatic rings. The quantitative estimate of drug-likeness (QED) is 0.665. The molecule has 1 aromatic heterocycles. The Kier molecular flexibility index (Phi) is 5.36. The Hall–Kier alpha value is -2.96. The first-order chi connectivity index (χ1) is 11.7. The van der Waals surface area contributed by atoms with Gasteiger partial charge < -0.3 is 10.1 Å². The summed E-state index contributed by atoms with van der Waals surface area (Å²) in [4.78, 5) is 36.3. The number of anilines is 1. The number of ether oxygens (including phenoxy) is 1. The lowest BCUT2D eigenvalue weighted by Gasteiger charge is -2.15. The monoisotopic (exact) mass is 343 g/mol. The Morgan fingerprint density at radius 3 is 2.40 bits per heavy atom. The van der Waals surface area contributed by atoms with Crippen molar-refractivity contribution in [3.63, 3.8) is 0 Å². The Morgan fingerprint density at radius 1 is 1.20 bits per heavy atom. The number of ketones is 1. The van der Waals surface area contributed by atoms with E-state index in [-0.39, 0.29) is 5.78 Å². The number of nitrogens with zero attached hydrogens (tertiary/aromatic N) is 2. The van der Waals surface area contributed by atoms with Crippen molar-refractivity contribution in [2.75, 3.05) is 5.32 Å². The zero-order valence-corrected chi connectivity index (χ0v) is 14.9. The molecule has 0 saturated heterocycles. The van der Waals surface area contributed by atoms with Gasteiger partial charge >= 0.3 is 5.97 Å². The van der Waals surface area contributed by atoms with Gasteiger partial charge in [0.2, 0.25) is 0 Å². The molecule has 132 valence electrons. The van der Waals surface area contributed by atoms with Crippen LogP contribution in [0.5, 0.6) is 0 Å². The van der Waals surface area contributed by atoms with Gasteiger partial charge in [-0.05, 0) is 39.8 Å². The van der Waals surface area contributed by atoms with Crippen LogP contribution in [0.1, 0.15) is 46.0 Å². The SMILES string of the molecule is CC(=O)c1ccccc1NC(=O)[C@@H](C)OC(=O)c1c(C)nn(C)c1C. The first kappa shape index (κ1) is 18.4. The van der Waals surface area contributed by atoms with Crippen LogP contribution in [-0.4, -0.2) is 33.5 Å². The number of aryl methyl sites for hydroxylation is 2. The van der Waals surface area contributed by atoms with Gasteiger partial charge in [0.15, 0.2) is 11.9 Å². The van der Waals surface area contributed by atoms with E-state index in [1.807, 2.05) is 0 Å². The first-order valence-electron chi connectivity index (χ1n) is 7.84. The third-order valence-corrected chi connectivity index (χ3v) is 3.93. The summed E-state index contributed by atoms with van der Waals surface area (Å²) < 4.78 is 6.84. The average Bonchev–Trinajstić information content (AvgIpc) is 2.80. The third-order valence-electron chi connectivity index (χ3n) is 3.93. The second-order valence-corrected chi connectivity index (χ2v) is 5.81.